The van der Waals surface area contributed by atoms with Gasteiger partial charge in [-0.05, 0) is 66.6 Å². The van der Waals surface area contributed by atoms with Crippen LogP contribution in [0.5, 0.6) is 0 Å². The van der Waals surface area contributed by atoms with Crippen molar-refractivity contribution in [3.8, 4) is 10.6 Å². The Balaban J connectivity index is 1.52. The summed E-state index contributed by atoms with van der Waals surface area (Å²) in [5, 5.41) is 4.49. The average molecular weight is 331 g/mol. The van der Waals surface area contributed by atoms with Crippen molar-refractivity contribution in [2.75, 3.05) is 5.32 Å². The molecule has 0 saturated carbocycles. The molecule has 4 heteroatoms. The third kappa shape index (κ3) is 3.14. The molecule has 0 aliphatic heterocycles. The van der Waals surface area contributed by atoms with E-state index in [-0.39, 0.29) is 0 Å². The van der Waals surface area contributed by atoms with Crippen LogP contribution in [0, 0.1) is 6.92 Å². The van der Waals surface area contributed by atoms with E-state index in [9.17, 15) is 0 Å². The number of thiazole rings is 1. The zero-order chi connectivity index (χ0) is 16.4. The molecule has 0 saturated heterocycles. The second-order valence-electron chi connectivity index (χ2n) is 5.78. The minimum atomic E-state index is 0.794. The highest BCUT2D eigenvalue weighted by atomic mass is 32.1. The number of hydrogen-bond donors (Lipinski definition) is 1. The molecule has 0 amide bonds. The lowest BCUT2D eigenvalue weighted by atomic mass is 10.2. The van der Waals surface area contributed by atoms with Gasteiger partial charge in [0.05, 0.1) is 10.2 Å². The fourth-order valence-corrected chi connectivity index (χ4v) is 3.55. The van der Waals surface area contributed by atoms with Crippen LogP contribution in [0.25, 0.3) is 20.8 Å². The zero-order valence-corrected chi connectivity index (χ0v) is 14.2. The molecule has 0 unspecified atom stereocenters. The van der Waals surface area contributed by atoms with E-state index in [0.717, 1.165) is 28.3 Å². The Morgan fingerprint density at radius 1 is 0.958 bits per heavy atom. The predicted octanol–water partition coefficient (Wildman–Crippen LogP) is 5.28. The number of fused-ring (bicyclic) bond motifs is 1. The lowest BCUT2D eigenvalue weighted by Crippen LogP contribution is -1.98. The van der Waals surface area contributed by atoms with E-state index in [0.29, 0.717) is 0 Å². The molecule has 0 fully saturated rings. The summed E-state index contributed by atoms with van der Waals surface area (Å²) in [6.07, 6.45) is 3.63. The Kier molecular flexibility index (Phi) is 3.97. The number of aryl methyl sites for hydroxylation is 1. The maximum absolute atomic E-state index is 4.76. The fourth-order valence-electron chi connectivity index (χ4n) is 2.60. The molecular weight excluding hydrogens is 314 g/mol. The molecule has 0 atom stereocenters. The van der Waals surface area contributed by atoms with Crippen LogP contribution in [-0.2, 0) is 6.54 Å². The number of anilines is 1. The summed E-state index contributed by atoms with van der Waals surface area (Å²) in [6, 6.07) is 18.9. The first-order valence-electron chi connectivity index (χ1n) is 7.88. The molecule has 0 radical (unpaired) electrons. The molecule has 1 N–H and O–H groups in total. The quantitative estimate of drug-likeness (QED) is 0.553. The van der Waals surface area contributed by atoms with Crippen LogP contribution in [-0.4, -0.2) is 9.97 Å². The van der Waals surface area contributed by atoms with Crippen molar-refractivity contribution in [2.45, 2.75) is 13.5 Å². The van der Waals surface area contributed by atoms with Gasteiger partial charge in [-0.2, -0.15) is 0 Å². The van der Waals surface area contributed by atoms with Crippen molar-refractivity contribution < 1.29 is 0 Å². The lowest BCUT2D eigenvalue weighted by Gasteiger charge is -2.06. The number of pyridine rings is 1. The normalized spacial score (nSPS) is 10.9. The van der Waals surface area contributed by atoms with Gasteiger partial charge in [-0.15, -0.1) is 11.3 Å². The second-order valence-corrected chi connectivity index (χ2v) is 6.81. The number of hydrogen-bond acceptors (Lipinski definition) is 4. The Labute approximate surface area is 145 Å². The Bertz CT molecular complexity index is 959. The third-order valence-electron chi connectivity index (χ3n) is 3.92. The summed E-state index contributed by atoms with van der Waals surface area (Å²) in [4.78, 5) is 8.79. The van der Waals surface area contributed by atoms with Gasteiger partial charge >= 0.3 is 0 Å². The zero-order valence-electron chi connectivity index (χ0n) is 13.4. The van der Waals surface area contributed by atoms with Crippen LogP contribution >= 0.6 is 11.3 Å². The topological polar surface area (TPSA) is 37.8 Å². The summed E-state index contributed by atoms with van der Waals surface area (Å²) >= 11 is 1.74. The van der Waals surface area contributed by atoms with E-state index in [1.165, 1.54) is 15.8 Å². The maximum atomic E-state index is 4.76. The largest absolute Gasteiger partial charge is 0.381 e. The van der Waals surface area contributed by atoms with Gasteiger partial charge in [-0.3, -0.25) is 4.98 Å². The molecule has 0 aliphatic rings. The Hall–Kier alpha value is -2.72. The summed E-state index contributed by atoms with van der Waals surface area (Å²) in [6.45, 7) is 2.89. The van der Waals surface area contributed by atoms with Gasteiger partial charge in [0.15, 0.2) is 0 Å². The lowest BCUT2D eigenvalue weighted by molar-refractivity contribution is 1.13. The molecule has 4 rings (SSSR count). The molecule has 118 valence electrons. The van der Waals surface area contributed by atoms with Gasteiger partial charge in [-0.25, -0.2) is 4.98 Å². The van der Waals surface area contributed by atoms with Gasteiger partial charge in [0.1, 0.15) is 5.01 Å². The molecule has 24 heavy (non-hydrogen) atoms. The smallest absolute Gasteiger partial charge is 0.124 e. The predicted molar refractivity (Wildman–Crippen MR) is 101 cm³/mol. The Morgan fingerprint density at radius 3 is 2.54 bits per heavy atom. The van der Waals surface area contributed by atoms with Crippen LogP contribution < -0.4 is 5.32 Å². The highest BCUT2D eigenvalue weighted by Gasteiger charge is 2.06. The fraction of sp³-hybridized carbons (Fsp3) is 0.100. The minimum Gasteiger partial charge on any atom is -0.381 e. The van der Waals surface area contributed by atoms with Crippen LogP contribution in [0.1, 0.15) is 11.1 Å². The number of benzene rings is 2. The van der Waals surface area contributed by atoms with Crippen molar-refractivity contribution >= 4 is 27.2 Å². The number of nitrogens with zero attached hydrogens (tertiary/aromatic N) is 2. The average Bonchev–Trinajstić information content (AvgIpc) is 3.04. The summed E-state index contributed by atoms with van der Waals surface area (Å²) in [5.74, 6) is 0. The second kappa shape index (κ2) is 6.42. The van der Waals surface area contributed by atoms with Crippen molar-refractivity contribution in [3.05, 3.63) is 78.1 Å². The van der Waals surface area contributed by atoms with E-state index in [4.69, 9.17) is 4.98 Å². The molecule has 2 aromatic heterocycles. The van der Waals surface area contributed by atoms with E-state index in [2.05, 4.69) is 59.7 Å². The third-order valence-corrected chi connectivity index (χ3v) is 5.01. The van der Waals surface area contributed by atoms with E-state index >= 15 is 0 Å². The summed E-state index contributed by atoms with van der Waals surface area (Å²) in [5.41, 5.74) is 5.80. The molecule has 0 aliphatic carbocycles. The Morgan fingerprint density at radius 2 is 1.75 bits per heavy atom. The molecular formula is C20H17N3S. The van der Waals surface area contributed by atoms with Crippen LogP contribution in [0.2, 0.25) is 0 Å². The highest BCUT2D eigenvalue weighted by Crippen LogP contribution is 2.31. The van der Waals surface area contributed by atoms with E-state index in [1.54, 1.807) is 11.3 Å². The maximum Gasteiger partial charge on any atom is 0.124 e. The monoisotopic (exact) mass is 331 g/mol. The summed E-state index contributed by atoms with van der Waals surface area (Å²) < 4.78 is 1.23. The summed E-state index contributed by atoms with van der Waals surface area (Å²) in [7, 11) is 0. The highest BCUT2D eigenvalue weighted by molar-refractivity contribution is 7.21. The first-order chi connectivity index (χ1) is 11.8. The van der Waals surface area contributed by atoms with Gasteiger partial charge < -0.3 is 5.32 Å². The van der Waals surface area contributed by atoms with Crippen molar-refractivity contribution in [1.29, 1.82) is 0 Å². The standard InChI is InChI=1S/C20H17N3S/c1-14-2-7-19-18(12-14)23-20(24-19)16-3-5-17(6-4-16)22-13-15-8-10-21-11-9-15/h2-12,22H,13H2,1H3. The van der Waals surface area contributed by atoms with Crippen LogP contribution in [0.15, 0.2) is 67.0 Å². The molecule has 4 aromatic rings. The molecule has 2 aromatic carbocycles. The van der Waals surface area contributed by atoms with Gasteiger partial charge in [0.2, 0.25) is 0 Å². The number of nitrogens with one attached hydrogen (secondary N) is 1. The van der Waals surface area contributed by atoms with Crippen LogP contribution in [0.4, 0.5) is 5.69 Å². The molecule has 0 spiro atoms. The van der Waals surface area contributed by atoms with Crippen molar-refractivity contribution in [2.24, 2.45) is 0 Å². The SMILES string of the molecule is Cc1ccc2sc(-c3ccc(NCc4ccncc4)cc3)nc2c1. The van der Waals surface area contributed by atoms with Gasteiger partial charge in [0.25, 0.3) is 0 Å². The van der Waals surface area contributed by atoms with Crippen molar-refractivity contribution in [1.82, 2.24) is 9.97 Å². The minimum absolute atomic E-state index is 0.794. The number of rotatable bonds is 4. The van der Waals surface area contributed by atoms with E-state index in [1.807, 2.05) is 24.5 Å². The first-order valence-corrected chi connectivity index (χ1v) is 8.70. The number of aromatic nitrogens is 2. The van der Waals surface area contributed by atoms with Gasteiger partial charge in [-0.1, -0.05) is 6.07 Å². The van der Waals surface area contributed by atoms with Crippen LogP contribution in [0.3, 0.4) is 0 Å². The molecule has 0 bridgehead atoms. The molecule has 3 nitrogen and oxygen atoms in total. The first kappa shape index (κ1) is 14.8. The van der Waals surface area contributed by atoms with E-state index < -0.39 is 0 Å². The van der Waals surface area contributed by atoms with Gasteiger partial charge in [0, 0.05) is 30.2 Å². The molecule has 2 heterocycles. The van der Waals surface area contributed by atoms with Crippen molar-refractivity contribution in [3.63, 3.8) is 0 Å².